The summed E-state index contributed by atoms with van der Waals surface area (Å²) in [4.78, 5) is 24.8. The Hall–Kier alpha value is -4.05. The Kier molecular flexibility index (Phi) is 7.28. The monoisotopic (exact) mass is 475 g/mol. The molecule has 0 atom stereocenters. The first kappa shape index (κ1) is 23.1. The van der Waals surface area contributed by atoms with Gasteiger partial charge in [-0.3, -0.25) is 4.79 Å². The number of nitrogens with zero attached hydrogens (tertiary/aromatic N) is 4. The van der Waals surface area contributed by atoms with Crippen molar-refractivity contribution in [2.45, 2.75) is 23.4 Å². The molecule has 4 rings (SSSR count). The van der Waals surface area contributed by atoms with Crippen LogP contribution in [0.3, 0.4) is 0 Å². The highest BCUT2D eigenvalue weighted by Crippen LogP contribution is 2.30. The molecule has 0 spiro atoms. The topological polar surface area (TPSA) is 129 Å². The van der Waals surface area contributed by atoms with E-state index >= 15 is 0 Å². The number of amidine groups is 1. The van der Waals surface area contributed by atoms with Gasteiger partial charge in [0.25, 0.3) is 5.91 Å². The summed E-state index contributed by atoms with van der Waals surface area (Å²) in [6.07, 6.45) is 4.74. The summed E-state index contributed by atoms with van der Waals surface area (Å²) < 4.78 is 0. The van der Waals surface area contributed by atoms with Gasteiger partial charge in [-0.15, -0.1) is 0 Å². The maximum absolute atomic E-state index is 12.4. The summed E-state index contributed by atoms with van der Waals surface area (Å²) in [5.41, 5.74) is 0.834. The van der Waals surface area contributed by atoms with Gasteiger partial charge in [-0.1, -0.05) is 18.2 Å². The Labute approximate surface area is 201 Å². The number of carbonyl (C=O) groups is 1. The normalized spacial score (nSPS) is 13.6. The molecule has 34 heavy (non-hydrogen) atoms. The predicted molar refractivity (Wildman–Crippen MR) is 136 cm³/mol. The first-order valence-corrected chi connectivity index (χ1v) is 11.6. The molecule has 0 unspecified atom stereocenters. The number of aromatic nitrogens is 2. The van der Waals surface area contributed by atoms with Gasteiger partial charge in [0, 0.05) is 29.7 Å². The predicted octanol–water partition coefficient (Wildman–Crippen LogP) is 4.06. The standard InChI is InChI=1S/C24H25N7O2S/c1-2-6-20(30-25)27-21-15-22(31-13-5-14-31)29-24(28-21)34-17-11-9-16(10-12-17)26-23(33)18-7-3-4-8-19(18)32/h2-4,6-12,15,32H,5,13-14,25H2,1H3,(H,26,33)(H,27,28,29,30)/b6-2+. The fraction of sp³-hybridized carbons (Fsp3) is 0.167. The van der Waals surface area contributed by atoms with Gasteiger partial charge in [-0.05, 0) is 67.6 Å². The van der Waals surface area contributed by atoms with Crippen LogP contribution >= 0.6 is 11.8 Å². The van der Waals surface area contributed by atoms with Crippen molar-refractivity contribution in [3.63, 3.8) is 0 Å². The SMILES string of the molecule is C/C=C/C(=N\N)Nc1cc(N2CCC2)nc(Sc2ccc(NC(=O)c3ccccc3O)cc2)n1. The van der Waals surface area contributed by atoms with E-state index in [1.165, 1.54) is 17.8 Å². The van der Waals surface area contributed by atoms with Crippen LogP contribution in [-0.4, -0.2) is 39.9 Å². The third kappa shape index (κ3) is 5.65. The van der Waals surface area contributed by atoms with Crippen LogP contribution in [0.15, 0.2) is 81.9 Å². The van der Waals surface area contributed by atoms with Crippen molar-refractivity contribution < 1.29 is 9.90 Å². The minimum Gasteiger partial charge on any atom is -0.507 e. The minimum absolute atomic E-state index is 0.0620. The van der Waals surface area contributed by atoms with Gasteiger partial charge in [-0.2, -0.15) is 5.10 Å². The van der Waals surface area contributed by atoms with Gasteiger partial charge >= 0.3 is 0 Å². The average molecular weight is 476 g/mol. The van der Waals surface area contributed by atoms with E-state index < -0.39 is 0 Å². The van der Waals surface area contributed by atoms with E-state index in [0.29, 0.717) is 22.5 Å². The van der Waals surface area contributed by atoms with Crippen LogP contribution in [0.4, 0.5) is 17.3 Å². The number of rotatable bonds is 7. The van der Waals surface area contributed by atoms with E-state index in [2.05, 4.69) is 25.6 Å². The molecule has 5 N–H and O–H groups in total. The molecule has 0 aliphatic carbocycles. The zero-order valence-electron chi connectivity index (χ0n) is 18.6. The number of benzene rings is 2. The van der Waals surface area contributed by atoms with Crippen LogP contribution in [0.25, 0.3) is 0 Å². The molecule has 1 amide bonds. The number of amides is 1. The van der Waals surface area contributed by atoms with Crippen LogP contribution < -0.4 is 21.4 Å². The summed E-state index contributed by atoms with van der Waals surface area (Å²) in [6, 6.07) is 15.7. The molecule has 2 heterocycles. The summed E-state index contributed by atoms with van der Waals surface area (Å²) in [5.74, 6) is 6.97. The van der Waals surface area contributed by atoms with E-state index in [1.807, 2.05) is 31.2 Å². The van der Waals surface area contributed by atoms with Crippen LogP contribution in [0.5, 0.6) is 5.75 Å². The number of anilines is 3. The number of allylic oxidation sites excluding steroid dienone is 1. The quantitative estimate of drug-likeness (QED) is 0.132. The summed E-state index contributed by atoms with van der Waals surface area (Å²) >= 11 is 1.41. The number of phenols is 1. The number of aromatic hydroxyl groups is 1. The molecule has 1 fully saturated rings. The molecule has 1 saturated heterocycles. The Morgan fingerprint density at radius 2 is 1.91 bits per heavy atom. The van der Waals surface area contributed by atoms with Gasteiger partial charge in [0.15, 0.2) is 11.0 Å². The number of hydrazone groups is 1. The zero-order chi connectivity index (χ0) is 23.9. The van der Waals surface area contributed by atoms with Crippen molar-refractivity contribution in [2.75, 3.05) is 28.6 Å². The average Bonchev–Trinajstić information content (AvgIpc) is 2.79. The molecular weight excluding hydrogens is 450 g/mol. The van der Waals surface area contributed by atoms with Crippen molar-refractivity contribution in [1.82, 2.24) is 9.97 Å². The molecule has 9 nitrogen and oxygen atoms in total. The Morgan fingerprint density at radius 1 is 1.15 bits per heavy atom. The van der Waals surface area contributed by atoms with Crippen molar-refractivity contribution >= 4 is 40.8 Å². The third-order valence-corrected chi connectivity index (χ3v) is 5.93. The maximum atomic E-state index is 12.4. The number of carbonyl (C=O) groups excluding carboxylic acids is 1. The lowest BCUT2D eigenvalue weighted by molar-refractivity contribution is 0.102. The number of nitrogens with one attached hydrogen (secondary N) is 2. The van der Waals surface area contributed by atoms with Gasteiger partial charge in [0.1, 0.15) is 17.4 Å². The number of phenolic OH excluding ortho intramolecular Hbond substituents is 1. The molecule has 174 valence electrons. The third-order valence-electron chi connectivity index (χ3n) is 5.06. The lowest BCUT2D eigenvalue weighted by Crippen LogP contribution is -2.37. The molecule has 1 aliphatic rings. The summed E-state index contributed by atoms with van der Waals surface area (Å²) in [5, 5.41) is 20.1. The fourth-order valence-electron chi connectivity index (χ4n) is 3.21. The Bertz CT molecular complexity index is 1220. The molecule has 0 saturated carbocycles. The zero-order valence-corrected chi connectivity index (χ0v) is 19.4. The molecule has 3 aromatic rings. The Morgan fingerprint density at radius 3 is 2.56 bits per heavy atom. The van der Waals surface area contributed by atoms with Gasteiger partial charge in [0.2, 0.25) is 0 Å². The van der Waals surface area contributed by atoms with Crippen molar-refractivity contribution in [3.05, 3.63) is 72.3 Å². The fourth-order valence-corrected chi connectivity index (χ4v) is 3.98. The van der Waals surface area contributed by atoms with Crippen LogP contribution in [0.2, 0.25) is 0 Å². The molecule has 2 aromatic carbocycles. The van der Waals surface area contributed by atoms with E-state index in [4.69, 9.17) is 10.8 Å². The van der Waals surface area contributed by atoms with Gasteiger partial charge < -0.3 is 26.5 Å². The smallest absolute Gasteiger partial charge is 0.259 e. The van der Waals surface area contributed by atoms with Crippen LogP contribution in [-0.2, 0) is 0 Å². The molecule has 10 heteroatoms. The first-order valence-electron chi connectivity index (χ1n) is 10.7. The van der Waals surface area contributed by atoms with Crippen LogP contribution in [0, 0.1) is 0 Å². The molecule has 0 radical (unpaired) electrons. The van der Waals surface area contributed by atoms with E-state index in [-0.39, 0.29) is 17.2 Å². The van der Waals surface area contributed by atoms with E-state index in [9.17, 15) is 9.90 Å². The lowest BCUT2D eigenvalue weighted by Gasteiger charge is -2.32. The highest BCUT2D eigenvalue weighted by molar-refractivity contribution is 7.99. The first-order chi connectivity index (χ1) is 16.6. The molecule has 1 aromatic heterocycles. The highest BCUT2D eigenvalue weighted by Gasteiger charge is 2.18. The number of hydrogen-bond donors (Lipinski definition) is 4. The molecular formula is C24H25N7O2S. The maximum Gasteiger partial charge on any atom is 0.259 e. The molecule has 0 bridgehead atoms. The van der Waals surface area contributed by atoms with E-state index in [0.717, 1.165) is 30.2 Å². The molecule has 1 aliphatic heterocycles. The number of hydrogen-bond acceptors (Lipinski definition) is 8. The second-order valence-electron chi connectivity index (χ2n) is 7.47. The van der Waals surface area contributed by atoms with Gasteiger partial charge in [-0.25, -0.2) is 9.97 Å². The lowest BCUT2D eigenvalue weighted by atomic mass is 10.2. The number of para-hydroxylation sites is 1. The summed E-state index contributed by atoms with van der Waals surface area (Å²) in [7, 11) is 0. The number of nitrogens with two attached hydrogens (primary N) is 1. The summed E-state index contributed by atoms with van der Waals surface area (Å²) in [6.45, 7) is 3.80. The highest BCUT2D eigenvalue weighted by atomic mass is 32.2. The Balaban J connectivity index is 1.49. The van der Waals surface area contributed by atoms with Crippen molar-refractivity contribution in [3.8, 4) is 5.75 Å². The second kappa shape index (κ2) is 10.7. The van der Waals surface area contributed by atoms with Gasteiger partial charge in [0.05, 0.1) is 5.56 Å². The van der Waals surface area contributed by atoms with Crippen LogP contribution in [0.1, 0.15) is 23.7 Å². The second-order valence-corrected chi connectivity index (χ2v) is 8.51. The minimum atomic E-state index is -0.377. The van der Waals surface area contributed by atoms with Crippen molar-refractivity contribution in [2.24, 2.45) is 10.9 Å². The van der Waals surface area contributed by atoms with Crippen molar-refractivity contribution in [1.29, 1.82) is 0 Å². The van der Waals surface area contributed by atoms with E-state index in [1.54, 1.807) is 36.4 Å². The largest absolute Gasteiger partial charge is 0.507 e.